The lowest BCUT2D eigenvalue weighted by molar-refractivity contribution is -0.116. The van der Waals surface area contributed by atoms with Gasteiger partial charge in [-0.05, 0) is 24.3 Å². The topological polar surface area (TPSA) is 95.6 Å². The van der Waals surface area contributed by atoms with Gasteiger partial charge in [-0.25, -0.2) is 8.42 Å². The number of anilines is 2. The van der Waals surface area contributed by atoms with Crippen LogP contribution in [0.25, 0.3) is 0 Å². The highest BCUT2D eigenvalue weighted by molar-refractivity contribution is 7.88. The van der Waals surface area contributed by atoms with E-state index < -0.39 is 15.9 Å². The standard InChI is InChI=1S/C12H17N3O4S/c1-9(16)13-10-4-6-11(7-5-10)14-12(17)8-15(2)20(3,18)19/h4-7H,8H2,1-3H3,(H,13,16)(H,14,17). The van der Waals surface area contributed by atoms with E-state index in [9.17, 15) is 18.0 Å². The van der Waals surface area contributed by atoms with Gasteiger partial charge in [-0.3, -0.25) is 9.59 Å². The minimum Gasteiger partial charge on any atom is -0.326 e. The van der Waals surface area contributed by atoms with Crippen molar-refractivity contribution in [2.45, 2.75) is 6.92 Å². The summed E-state index contributed by atoms with van der Waals surface area (Å²) in [4.78, 5) is 22.5. The fourth-order valence-electron chi connectivity index (χ4n) is 1.36. The van der Waals surface area contributed by atoms with E-state index in [-0.39, 0.29) is 12.5 Å². The van der Waals surface area contributed by atoms with E-state index >= 15 is 0 Å². The van der Waals surface area contributed by atoms with Crippen LogP contribution in [0.15, 0.2) is 24.3 Å². The number of nitrogens with one attached hydrogen (secondary N) is 2. The number of hydrogen-bond donors (Lipinski definition) is 2. The van der Waals surface area contributed by atoms with Crippen LogP contribution in [0, 0.1) is 0 Å². The van der Waals surface area contributed by atoms with Crippen LogP contribution in [-0.2, 0) is 19.6 Å². The molecule has 0 saturated heterocycles. The van der Waals surface area contributed by atoms with Gasteiger partial charge in [-0.1, -0.05) is 0 Å². The van der Waals surface area contributed by atoms with Gasteiger partial charge in [0.05, 0.1) is 12.8 Å². The Kier molecular flexibility index (Phi) is 5.23. The van der Waals surface area contributed by atoms with Crippen LogP contribution in [0.3, 0.4) is 0 Å². The molecule has 0 aromatic heterocycles. The molecular weight excluding hydrogens is 282 g/mol. The SMILES string of the molecule is CC(=O)Nc1ccc(NC(=O)CN(C)S(C)(=O)=O)cc1. The summed E-state index contributed by atoms with van der Waals surface area (Å²) >= 11 is 0. The molecule has 1 aromatic rings. The zero-order valence-corrected chi connectivity index (χ0v) is 12.3. The smallest absolute Gasteiger partial charge is 0.239 e. The molecule has 0 aliphatic carbocycles. The van der Waals surface area contributed by atoms with Crippen molar-refractivity contribution in [2.75, 3.05) is 30.5 Å². The van der Waals surface area contributed by atoms with Crippen molar-refractivity contribution in [3.05, 3.63) is 24.3 Å². The van der Waals surface area contributed by atoms with Gasteiger partial charge in [0.2, 0.25) is 21.8 Å². The summed E-state index contributed by atoms with van der Waals surface area (Å²) in [6, 6.07) is 6.50. The summed E-state index contributed by atoms with van der Waals surface area (Å²) < 4.78 is 23.3. The Bertz CT molecular complexity index is 596. The van der Waals surface area contributed by atoms with Crippen molar-refractivity contribution >= 4 is 33.2 Å². The van der Waals surface area contributed by atoms with Crippen LogP contribution in [0.4, 0.5) is 11.4 Å². The Balaban J connectivity index is 2.61. The van der Waals surface area contributed by atoms with Crippen LogP contribution >= 0.6 is 0 Å². The molecule has 1 rings (SSSR count). The number of rotatable bonds is 5. The van der Waals surface area contributed by atoms with Gasteiger partial charge in [-0.2, -0.15) is 4.31 Å². The van der Waals surface area contributed by atoms with Gasteiger partial charge in [0.1, 0.15) is 0 Å². The first-order valence-electron chi connectivity index (χ1n) is 5.77. The Morgan fingerprint density at radius 1 is 1.10 bits per heavy atom. The first-order chi connectivity index (χ1) is 9.18. The maximum Gasteiger partial charge on any atom is 0.239 e. The second-order valence-corrected chi connectivity index (χ2v) is 6.42. The minimum atomic E-state index is -3.39. The molecule has 0 spiro atoms. The zero-order valence-electron chi connectivity index (χ0n) is 11.5. The van der Waals surface area contributed by atoms with E-state index in [0.29, 0.717) is 11.4 Å². The molecule has 0 bridgehead atoms. The molecule has 0 saturated carbocycles. The third kappa shape index (κ3) is 5.37. The number of amides is 2. The maximum absolute atomic E-state index is 11.6. The molecule has 0 unspecified atom stereocenters. The highest BCUT2D eigenvalue weighted by Gasteiger charge is 2.15. The summed E-state index contributed by atoms with van der Waals surface area (Å²) in [6.45, 7) is 1.14. The average Bonchev–Trinajstić information content (AvgIpc) is 2.29. The number of nitrogens with zero attached hydrogens (tertiary/aromatic N) is 1. The molecule has 2 N–H and O–H groups in total. The molecule has 20 heavy (non-hydrogen) atoms. The maximum atomic E-state index is 11.6. The summed E-state index contributed by atoms with van der Waals surface area (Å²) in [6.07, 6.45) is 1.03. The van der Waals surface area contributed by atoms with Crippen LogP contribution in [0.5, 0.6) is 0 Å². The van der Waals surface area contributed by atoms with Gasteiger partial charge < -0.3 is 10.6 Å². The van der Waals surface area contributed by atoms with E-state index in [4.69, 9.17) is 0 Å². The van der Waals surface area contributed by atoms with Gasteiger partial charge in [0.25, 0.3) is 0 Å². The molecule has 0 heterocycles. The predicted octanol–water partition coefficient (Wildman–Crippen LogP) is 0.475. The fraction of sp³-hybridized carbons (Fsp3) is 0.333. The summed E-state index contributed by atoms with van der Waals surface area (Å²) in [5.74, 6) is -0.623. The third-order valence-electron chi connectivity index (χ3n) is 2.42. The van der Waals surface area contributed by atoms with Gasteiger partial charge in [-0.15, -0.1) is 0 Å². The van der Waals surface area contributed by atoms with Crippen molar-refractivity contribution < 1.29 is 18.0 Å². The van der Waals surface area contributed by atoms with E-state index in [1.807, 2.05) is 0 Å². The van der Waals surface area contributed by atoms with E-state index in [2.05, 4.69) is 10.6 Å². The summed E-state index contributed by atoms with van der Waals surface area (Å²) in [5.41, 5.74) is 1.13. The average molecular weight is 299 g/mol. The van der Waals surface area contributed by atoms with Crippen LogP contribution in [-0.4, -0.2) is 44.4 Å². The summed E-state index contributed by atoms with van der Waals surface area (Å²) in [5, 5.41) is 5.17. The minimum absolute atomic E-state index is 0.184. The van der Waals surface area contributed by atoms with Crippen molar-refractivity contribution in [3.8, 4) is 0 Å². The second-order valence-electron chi connectivity index (χ2n) is 4.33. The van der Waals surface area contributed by atoms with Crippen molar-refractivity contribution in [3.63, 3.8) is 0 Å². The van der Waals surface area contributed by atoms with Crippen molar-refractivity contribution in [1.82, 2.24) is 4.31 Å². The van der Waals surface area contributed by atoms with Gasteiger partial charge in [0, 0.05) is 25.3 Å². The molecule has 8 heteroatoms. The molecule has 0 aliphatic heterocycles. The van der Waals surface area contributed by atoms with Crippen LogP contribution in [0.2, 0.25) is 0 Å². The molecular formula is C12H17N3O4S. The third-order valence-corrected chi connectivity index (χ3v) is 3.68. The quantitative estimate of drug-likeness (QED) is 0.826. The van der Waals surface area contributed by atoms with E-state index in [1.54, 1.807) is 24.3 Å². The van der Waals surface area contributed by atoms with Crippen molar-refractivity contribution in [2.24, 2.45) is 0 Å². The second kappa shape index (κ2) is 6.49. The Morgan fingerprint density at radius 2 is 1.55 bits per heavy atom. The Labute approximate surface area is 118 Å². The molecule has 0 atom stereocenters. The largest absolute Gasteiger partial charge is 0.326 e. The number of carbonyl (C=O) groups is 2. The molecule has 7 nitrogen and oxygen atoms in total. The van der Waals surface area contributed by atoms with Gasteiger partial charge in [0.15, 0.2) is 0 Å². The first-order valence-corrected chi connectivity index (χ1v) is 7.62. The van der Waals surface area contributed by atoms with Crippen LogP contribution in [0.1, 0.15) is 6.92 Å². The van der Waals surface area contributed by atoms with Gasteiger partial charge >= 0.3 is 0 Å². The number of sulfonamides is 1. The lowest BCUT2D eigenvalue weighted by Gasteiger charge is -2.13. The Hall–Kier alpha value is -1.93. The molecule has 1 aromatic carbocycles. The number of benzene rings is 1. The normalized spacial score (nSPS) is 11.2. The zero-order chi connectivity index (χ0) is 15.3. The Morgan fingerprint density at radius 3 is 1.95 bits per heavy atom. The lowest BCUT2D eigenvalue weighted by Crippen LogP contribution is -2.34. The predicted molar refractivity (Wildman–Crippen MR) is 76.8 cm³/mol. The van der Waals surface area contributed by atoms with Crippen LogP contribution < -0.4 is 10.6 Å². The van der Waals surface area contributed by atoms with E-state index in [0.717, 1.165) is 10.6 Å². The highest BCUT2D eigenvalue weighted by Crippen LogP contribution is 2.13. The molecule has 2 amide bonds. The number of carbonyl (C=O) groups excluding carboxylic acids is 2. The molecule has 0 fully saturated rings. The number of hydrogen-bond acceptors (Lipinski definition) is 4. The highest BCUT2D eigenvalue weighted by atomic mass is 32.2. The molecule has 110 valence electrons. The summed E-state index contributed by atoms with van der Waals surface area (Å²) in [7, 11) is -2.06. The van der Waals surface area contributed by atoms with Crippen molar-refractivity contribution in [1.29, 1.82) is 0 Å². The molecule has 0 radical (unpaired) electrons. The fourth-order valence-corrected chi connectivity index (χ4v) is 1.71. The first kappa shape index (κ1) is 16.1. The monoisotopic (exact) mass is 299 g/mol. The molecule has 0 aliphatic rings. The van der Waals surface area contributed by atoms with E-state index in [1.165, 1.54) is 14.0 Å². The lowest BCUT2D eigenvalue weighted by atomic mass is 10.2. The number of likely N-dealkylation sites (N-methyl/N-ethyl adjacent to an activating group) is 1.